The Bertz CT molecular complexity index is 853. The first kappa shape index (κ1) is 15.3. The second kappa shape index (κ2) is 7.12. The summed E-state index contributed by atoms with van der Waals surface area (Å²) in [5.41, 5.74) is 3.46. The van der Waals surface area contributed by atoms with Gasteiger partial charge in [0.1, 0.15) is 6.07 Å². The molecule has 0 amide bonds. The van der Waals surface area contributed by atoms with Crippen molar-refractivity contribution in [3.63, 3.8) is 0 Å². The molecule has 23 heavy (non-hydrogen) atoms. The number of pyridine rings is 2. The van der Waals surface area contributed by atoms with E-state index < -0.39 is 0 Å². The van der Waals surface area contributed by atoms with Gasteiger partial charge in [-0.2, -0.15) is 5.26 Å². The number of hydrogen-bond donors (Lipinski definition) is 1. The highest BCUT2D eigenvalue weighted by atomic mass is 32.2. The Labute approximate surface area is 139 Å². The molecule has 5 heteroatoms. The lowest BCUT2D eigenvalue weighted by Gasteiger charge is -2.11. The zero-order chi connectivity index (χ0) is 16.1. The van der Waals surface area contributed by atoms with E-state index in [-0.39, 0.29) is 0 Å². The van der Waals surface area contributed by atoms with Gasteiger partial charge in [0.05, 0.1) is 23.0 Å². The van der Waals surface area contributed by atoms with Crippen molar-refractivity contribution >= 4 is 28.4 Å². The fourth-order valence-electron chi connectivity index (χ4n) is 2.30. The van der Waals surface area contributed by atoms with Crippen LogP contribution in [0.2, 0.25) is 0 Å². The second-order valence-corrected chi connectivity index (χ2v) is 6.31. The Morgan fingerprint density at radius 1 is 1.17 bits per heavy atom. The zero-order valence-electron chi connectivity index (χ0n) is 12.8. The minimum Gasteiger partial charge on any atom is -0.383 e. The van der Waals surface area contributed by atoms with Crippen LogP contribution in [0.1, 0.15) is 11.1 Å². The molecule has 0 spiro atoms. The fraction of sp³-hybridized carbons (Fsp3) is 0.167. The molecule has 0 aliphatic heterocycles. The molecule has 0 radical (unpaired) electrons. The molecule has 1 aromatic carbocycles. The summed E-state index contributed by atoms with van der Waals surface area (Å²) < 4.78 is 0. The molecule has 0 fully saturated rings. The first-order chi connectivity index (χ1) is 11.3. The lowest BCUT2D eigenvalue weighted by molar-refractivity contribution is 1.21. The zero-order valence-corrected chi connectivity index (χ0v) is 13.6. The van der Waals surface area contributed by atoms with E-state index in [1.807, 2.05) is 6.07 Å². The molecule has 0 aliphatic rings. The molecular formula is C18H16N4S. The Morgan fingerprint density at radius 2 is 2.00 bits per heavy atom. The van der Waals surface area contributed by atoms with Crippen LogP contribution in [0.25, 0.3) is 10.9 Å². The molecule has 0 saturated heterocycles. The van der Waals surface area contributed by atoms with Crippen molar-refractivity contribution in [3.05, 3.63) is 60.0 Å². The van der Waals surface area contributed by atoms with Crippen LogP contribution in [-0.4, -0.2) is 22.3 Å². The van der Waals surface area contributed by atoms with Gasteiger partial charge in [0.25, 0.3) is 0 Å². The van der Waals surface area contributed by atoms with Gasteiger partial charge in [-0.1, -0.05) is 17.7 Å². The standard InChI is InChI=1S/C18H16N4S/c1-13-2-4-15(5-3-13)23-9-8-21-18-14(10-19)11-22-17-12-20-7-6-16(17)18/h2-7,11-12H,8-9H2,1H3,(H,21,22). The SMILES string of the molecule is Cc1ccc(SCCNc2c(C#N)cnc3cnccc23)cc1. The van der Waals surface area contributed by atoms with Crippen LogP contribution < -0.4 is 5.32 Å². The molecule has 0 aliphatic carbocycles. The summed E-state index contributed by atoms with van der Waals surface area (Å²) in [6.45, 7) is 2.86. The van der Waals surface area contributed by atoms with Crippen LogP contribution in [0.5, 0.6) is 0 Å². The highest BCUT2D eigenvalue weighted by molar-refractivity contribution is 7.99. The van der Waals surface area contributed by atoms with Gasteiger partial charge in [-0.3, -0.25) is 9.97 Å². The third-order valence-corrected chi connectivity index (χ3v) is 4.50. The molecular weight excluding hydrogens is 304 g/mol. The van der Waals surface area contributed by atoms with Crippen molar-refractivity contribution in [1.29, 1.82) is 5.26 Å². The van der Waals surface area contributed by atoms with E-state index in [0.29, 0.717) is 5.56 Å². The molecule has 0 bridgehead atoms. The van der Waals surface area contributed by atoms with E-state index in [4.69, 9.17) is 0 Å². The number of hydrogen-bond acceptors (Lipinski definition) is 5. The van der Waals surface area contributed by atoms with Gasteiger partial charge < -0.3 is 5.32 Å². The molecule has 2 aromatic heterocycles. The van der Waals surface area contributed by atoms with E-state index in [9.17, 15) is 5.26 Å². The van der Waals surface area contributed by atoms with Crippen molar-refractivity contribution in [2.75, 3.05) is 17.6 Å². The molecule has 4 nitrogen and oxygen atoms in total. The van der Waals surface area contributed by atoms with Gasteiger partial charge in [-0.25, -0.2) is 0 Å². The van der Waals surface area contributed by atoms with Gasteiger partial charge >= 0.3 is 0 Å². The van der Waals surface area contributed by atoms with Crippen LogP contribution in [0, 0.1) is 18.3 Å². The number of fused-ring (bicyclic) bond motifs is 1. The van der Waals surface area contributed by atoms with E-state index in [2.05, 4.69) is 52.5 Å². The summed E-state index contributed by atoms with van der Waals surface area (Å²) in [7, 11) is 0. The number of aromatic nitrogens is 2. The molecule has 1 N–H and O–H groups in total. The van der Waals surface area contributed by atoms with Crippen molar-refractivity contribution in [3.8, 4) is 6.07 Å². The molecule has 3 aromatic rings. The van der Waals surface area contributed by atoms with Crippen LogP contribution >= 0.6 is 11.8 Å². The lowest BCUT2D eigenvalue weighted by atomic mass is 10.1. The number of benzene rings is 1. The Kier molecular flexibility index (Phi) is 4.74. The predicted molar refractivity (Wildman–Crippen MR) is 94.6 cm³/mol. The maximum Gasteiger partial charge on any atom is 0.103 e. The lowest BCUT2D eigenvalue weighted by Crippen LogP contribution is -2.06. The van der Waals surface area contributed by atoms with Crippen molar-refractivity contribution < 1.29 is 0 Å². The Morgan fingerprint density at radius 3 is 2.78 bits per heavy atom. The van der Waals surface area contributed by atoms with Gasteiger partial charge in [0.2, 0.25) is 0 Å². The number of aryl methyl sites for hydroxylation is 1. The number of nitrogens with one attached hydrogen (secondary N) is 1. The number of rotatable bonds is 5. The minimum atomic E-state index is 0.559. The number of nitrogens with zero attached hydrogens (tertiary/aromatic N) is 3. The summed E-state index contributed by atoms with van der Waals surface area (Å²) in [5.74, 6) is 0.919. The largest absolute Gasteiger partial charge is 0.383 e. The summed E-state index contributed by atoms with van der Waals surface area (Å²) >= 11 is 1.79. The van der Waals surface area contributed by atoms with E-state index in [1.54, 1.807) is 30.4 Å². The highest BCUT2D eigenvalue weighted by Crippen LogP contribution is 2.25. The van der Waals surface area contributed by atoms with Crippen LogP contribution in [0.3, 0.4) is 0 Å². The van der Waals surface area contributed by atoms with Crippen LogP contribution in [-0.2, 0) is 0 Å². The molecule has 2 heterocycles. The van der Waals surface area contributed by atoms with E-state index >= 15 is 0 Å². The van der Waals surface area contributed by atoms with Crippen molar-refractivity contribution in [1.82, 2.24) is 9.97 Å². The number of thioether (sulfide) groups is 1. The summed E-state index contributed by atoms with van der Waals surface area (Å²) in [5, 5.41) is 13.6. The van der Waals surface area contributed by atoms with Crippen molar-refractivity contribution in [2.45, 2.75) is 11.8 Å². The average molecular weight is 320 g/mol. The number of nitriles is 1. The summed E-state index contributed by atoms with van der Waals surface area (Å²) in [6, 6.07) is 12.6. The topological polar surface area (TPSA) is 61.6 Å². The predicted octanol–water partition coefficient (Wildman–Crippen LogP) is 4.01. The molecule has 0 atom stereocenters. The van der Waals surface area contributed by atoms with Crippen LogP contribution in [0.15, 0.2) is 53.8 Å². The molecule has 3 rings (SSSR count). The van der Waals surface area contributed by atoms with Gasteiger partial charge in [-0.05, 0) is 25.1 Å². The highest BCUT2D eigenvalue weighted by Gasteiger charge is 2.08. The number of anilines is 1. The Balaban J connectivity index is 1.69. The van der Waals surface area contributed by atoms with Gasteiger partial charge in [0.15, 0.2) is 0 Å². The van der Waals surface area contributed by atoms with Crippen molar-refractivity contribution in [2.24, 2.45) is 0 Å². The minimum absolute atomic E-state index is 0.559. The monoisotopic (exact) mass is 320 g/mol. The average Bonchev–Trinajstić information content (AvgIpc) is 2.60. The smallest absolute Gasteiger partial charge is 0.103 e. The normalized spacial score (nSPS) is 10.4. The van der Waals surface area contributed by atoms with E-state index in [1.165, 1.54) is 10.5 Å². The maximum atomic E-state index is 9.29. The second-order valence-electron chi connectivity index (χ2n) is 5.14. The molecule has 0 unspecified atom stereocenters. The van der Waals surface area contributed by atoms with Gasteiger partial charge in [0, 0.05) is 35.0 Å². The first-order valence-corrected chi connectivity index (χ1v) is 8.32. The quantitative estimate of drug-likeness (QED) is 0.568. The molecule has 114 valence electrons. The molecule has 0 saturated carbocycles. The van der Waals surface area contributed by atoms with Crippen LogP contribution in [0.4, 0.5) is 5.69 Å². The fourth-order valence-corrected chi connectivity index (χ4v) is 3.07. The summed E-state index contributed by atoms with van der Waals surface area (Å²) in [4.78, 5) is 9.59. The first-order valence-electron chi connectivity index (χ1n) is 7.34. The van der Waals surface area contributed by atoms with E-state index in [0.717, 1.165) is 28.9 Å². The maximum absolute atomic E-state index is 9.29. The Hall–Kier alpha value is -2.58. The summed E-state index contributed by atoms with van der Waals surface area (Å²) in [6.07, 6.45) is 5.03. The third-order valence-electron chi connectivity index (χ3n) is 3.49. The third kappa shape index (κ3) is 3.61. The van der Waals surface area contributed by atoms with Gasteiger partial charge in [-0.15, -0.1) is 11.8 Å².